The number of amides is 1. The summed E-state index contributed by atoms with van der Waals surface area (Å²) >= 11 is 1.71. The highest BCUT2D eigenvalue weighted by molar-refractivity contribution is 7.98. The van der Waals surface area contributed by atoms with Crippen LogP contribution in [0.5, 0.6) is 0 Å². The molecule has 0 bridgehead atoms. The zero-order chi connectivity index (χ0) is 22.6. The first-order chi connectivity index (χ1) is 16.2. The Morgan fingerprint density at radius 1 is 1.03 bits per heavy atom. The van der Waals surface area contributed by atoms with Crippen molar-refractivity contribution in [3.63, 3.8) is 0 Å². The quantitative estimate of drug-likeness (QED) is 0.544. The number of aromatic nitrogens is 4. The Balaban J connectivity index is 1.31. The van der Waals surface area contributed by atoms with Gasteiger partial charge < -0.3 is 9.80 Å². The van der Waals surface area contributed by atoms with E-state index in [4.69, 9.17) is 10.1 Å². The predicted octanol–water partition coefficient (Wildman–Crippen LogP) is 4.24. The molecule has 1 aliphatic heterocycles. The number of hydrogen-bond donors (Lipinski definition) is 0. The van der Waals surface area contributed by atoms with Gasteiger partial charge in [0.15, 0.2) is 0 Å². The fourth-order valence-electron chi connectivity index (χ4n) is 5.00. The van der Waals surface area contributed by atoms with Crippen LogP contribution in [0.1, 0.15) is 50.0 Å². The molecule has 33 heavy (non-hydrogen) atoms. The van der Waals surface area contributed by atoms with Gasteiger partial charge in [-0.2, -0.15) is 21.3 Å². The lowest BCUT2D eigenvalue weighted by molar-refractivity contribution is -0.131. The molecule has 8 heteroatoms. The van der Waals surface area contributed by atoms with Crippen LogP contribution in [0.3, 0.4) is 0 Å². The molecule has 0 atom stereocenters. The second-order valence-corrected chi connectivity index (χ2v) is 10.0. The van der Waals surface area contributed by atoms with Gasteiger partial charge in [0.2, 0.25) is 11.9 Å². The number of piperazine rings is 1. The number of benzene rings is 1. The number of nitrogens with zero attached hydrogens (tertiary/aromatic N) is 6. The summed E-state index contributed by atoms with van der Waals surface area (Å²) in [6.07, 6.45) is 11.1. The fourth-order valence-corrected chi connectivity index (χ4v) is 5.38. The molecule has 2 fully saturated rings. The van der Waals surface area contributed by atoms with Crippen LogP contribution in [0.15, 0.2) is 36.5 Å². The minimum Gasteiger partial charge on any atom is -0.339 e. The average Bonchev–Trinajstić information content (AvgIpc) is 3.33. The first-order valence-corrected chi connectivity index (χ1v) is 13.5. The lowest BCUT2D eigenvalue weighted by Crippen LogP contribution is -2.49. The number of rotatable bonds is 6. The second-order valence-electron chi connectivity index (χ2n) is 9.02. The van der Waals surface area contributed by atoms with Gasteiger partial charge in [0.05, 0.1) is 5.69 Å². The number of hydrogen-bond acceptors (Lipinski definition) is 6. The van der Waals surface area contributed by atoms with Gasteiger partial charge in [-0.3, -0.25) is 4.79 Å². The van der Waals surface area contributed by atoms with E-state index in [2.05, 4.69) is 34.1 Å². The highest BCUT2D eigenvalue weighted by Gasteiger charge is 2.24. The van der Waals surface area contributed by atoms with E-state index in [0.29, 0.717) is 37.2 Å². The summed E-state index contributed by atoms with van der Waals surface area (Å²) in [5.74, 6) is 3.12. The van der Waals surface area contributed by atoms with Crippen molar-refractivity contribution in [2.45, 2.75) is 44.4 Å². The van der Waals surface area contributed by atoms with Gasteiger partial charge in [-0.1, -0.05) is 43.5 Å². The van der Waals surface area contributed by atoms with Crippen LogP contribution in [0.4, 0.5) is 5.95 Å². The van der Waals surface area contributed by atoms with Crippen molar-refractivity contribution in [3.05, 3.63) is 42.1 Å². The molecule has 1 saturated heterocycles. The van der Waals surface area contributed by atoms with E-state index < -0.39 is 0 Å². The van der Waals surface area contributed by atoms with Gasteiger partial charge in [-0.15, -0.1) is 5.10 Å². The number of anilines is 1. The minimum atomic E-state index is 0.243. The molecule has 2 aromatic heterocycles. The summed E-state index contributed by atoms with van der Waals surface area (Å²) in [6, 6.07) is 11.0. The molecule has 0 N–H and O–H groups in total. The Labute approximate surface area is 199 Å². The lowest BCUT2D eigenvalue weighted by atomic mass is 9.84. The number of thioether (sulfide) groups is 1. The normalized spacial score (nSPS) is 17.6. The minimum absolute atomic E-state index is 0.243. The molecule has 1 amide bonds. The highest BCUT2D eigenvalue weighted by Crippen LogP contribution is 2.33. The van der Waals surface area contributed by atoms with Crippen LogP contribution in [0.2, 0.25) is 0 Å². The third kappa shape index (κ3) is 4.86. The molecule has 0 unspecified atom stereocenters. The van der Waals surface area contributed by atoms with Gasteiger partial charge in [0.25, 0.3) is 5.78 Å². The van der Waals surface area contributed by atoms with Crippen molar-refractivity contribution in [1.29, 1.82) is 0 Å². The molecule has 2 aliphatic rings. The highest BCUT2D eigenvalue weighted by atomic mass is 32.2. The summed E-state index contributed by atoms with van der Waals surface area (Å²) in [5, 5.41) is 4.81. The third-order valence-electron chi connectivity index (χ3n) is 6.95. The largest absolute Gasteiger partial charge is 0.339 e. The van der Waals surface area contributed by atoms with Crippen LogP contribution in [0.25, 0.3) is 17.0 Å². The van der Waals surface area contributed by atoms with E-state index in [1.165, 1.54) is 37.7 Å². The summed E-state index contributed by atoms with van der Waals surface area (Å²) < 4.78 is 1.85. The molecule has 5 rings (SSSR count). The Morgan fingerprint density at radius 3 is 2.52 bits per heavy atom. The van der Waals surface area contributed by atoms with E-state index in [1.54, 1.807) is 18.0 Å². The average molecular weight is 465 g/mol. The van der Waals surface area contributed by atoms with Gasteiger partial charge >= 0.3 is 0 Å². The second kappa shape index (κ2) is 10.1. The Kier molecular flexibility index (Phi) is 6.80. The van der Waals surface area contributed by atoms with E-state index in [9.17, 15) is 4.79 Å². The van der Waals surface area contributed by atoms with Gasteiger partial charge in [-0.05, 0) is 36.6 Å². The Bertz CT molecular complexity index is 1080. The number of fused-ring (bicyclic) bond motifs is 1. The maximum absolute atomic E-state index is 12.3. The first kappa shape index (κ1) is 22.2. The molecule has 7 nitrogen and oxygen atoms in total. The van der Waals surface area contributed by atoms with Crippen LogP contribution < -0.4 is 4.90 Å². The monoisotopic (exact) mass is 464 g/mol. The number of carbonyl (C=O) groups excluding carboxylic acids is 1. The SMILES string of the molecule is CSCCC(=O)N1CCN(c2nc3nccc(-c4ccc(C5CCCCC5)cc4)n3n2)CC1. The zero-order valence-corrected chi connectivity index (χ0v) is 20.1. The molecular formula is C25H32N6OS. The van der Waals surface area contributed by atoms with Gasteiger partial charge in [-0.25, -0.2) is 4.98 Å². The summed E-state index contributed by atoms with van der Waals surface area (Å²) in [7, 11) is 0. The fraction of sp³-hybridized carbons (Fsp3) is 0.520. The molecule has 0 spiro atoms. The van der Waals surface area contributed by atoms with Crippen LogP contribution in [-0.2, 0) is 4.79 Å². The maximum atomic E-state index is 12.3. The van der Waals surface area contributed by atoms with E-state index >= 15 is 0 Å². The molecule has 0 radical (unpaired) electrons. The van der Waals surface area contributed by atoms with Gasteiger partial charge in [0.1, 0.15) is 0 Å². The molecule has 3 heterocycles. The molecular weight excluding hydrogens is 432 g/mol. The predicted molar refractivity (Wildman–Crippen MR) is 134 cm³/mol. The van der Waals surface area contributed by atoms with Gasteiger partial charge in [0, 0.05) is 50.1 Å². The van der Waals surface area contributed by atoms with Crippen molar-refractivity contribution in [3.8, 4) is 11.3 Å². The standard InChI is InChI=1S/C25H32N6OS/c1-33-18-12-23(32)29-14-16-30(17-15-29)25-27-24-26-13-11-22(31(24)28-25)21-9-7-20(8-10-21)19-5-3-2-4-6-19/h7-11,13,19H,2-6,12,14-18H2,1H3. The summed E-state index contributed by atoms with van der Waals surface area (Å²) in [4.78, 5) is 25.6. The molecule has 1 aromatic carbocycles. The van der Waals surface area contributed by atoms with Crippen molar-refractivity contribution in [2.75, 3.05) is 43.1 Å². The summed E-state index contributed by atoms with van der Waals surface area (Å²) in [5.41, 5.74) is 3.58. The van der Waals surface area contributed by atoms with Crippen molar-refractivity contribution >= 4 is 29.4 Å². The summed E-state index contributed by atoms with van der Waals surface area (Å²) in [6.45, 7) is 2.91. The van der Waals surface area contributed by atoms with E-state index in [0.717, 1.165) is 30.1 Å². The third-order valence-corrected chi connectivity index (χ3v) is 7.56. The first-order valence-electron chi connectivity index (χ1n) is 12.1. The Hall–Kier alpha value is -2.61. The zero-order valence-electron chi connectivity index (χ0n) is 19.3. The lowest BCUT2D eigenvalue weighted by Gasteiger charge is -2.34. The van der Waals surface area contributed by atoms with E-state index in [1.807, 2.05) is 21.7 Å². The topological polar surface area (TPSA) is 66.6 Å². The smallest absolute Gasteiger partial charge is 0.254 e. The van der Waals surface area contributed by atoms with Crippen molar-refractivity contribution in [1.82, 2.24) is 24.5 Å². The van der Waals surface area contributed by atoms with E-state index in [-0.39, 0.29) is 5.91 Å². The van der Waals surface area contributed by atoms with Crippen molar-refractivity contribution < 1.29 is 4.79 Å². The molecule has 174 valence electrons. The van der Waals surface area contributed by atoms with Crippen LogP contribution >= 0.6 is 11.8 Å². The Morgan fingerprint density at radius 2 is 1.79 bits per heavy atom. The maximum Gasteiger partial charge on any atom is 0.254 e. The molecule has 1 saturated carbocycles. The van der Waals surface area contributed by atoms with Crippen LogP contribution in [0, 0.1) is 0 Å². The molecule has 3 aromatic rings. The van der Waals surface area contributed by atoms with Crippen molar-refractivity contribution in [2.24, 2.45) is 0 Å². The number of carbonyl (C=O) groups is 1. The van der Waals surface area contributed by atoms with Crippen LogP contribution in [-0.4, -0.2) is 68.6 Å². The molecule has 1 aliphatic carbocycles.